The molecule has 0 aliphatic heterocycles. The molecule has 19 heavy (non-hydrogen) atoms. The van der Waals surface area contributed by atoms with E-state index in [0.717, 1.165) is 30.3 Å². The lowest BCUT2D eigenvalue weighted by Crippen LogP contribution is -2.22. The minimum atomic E-state index is 0.617. The van der Waals surface area contributed by atoms with Gasteiger partial charge in [-0.1, -0.05) is 13.8 Å². The molecule has 0 spiro atoms. The summed E-state index contributed by atoms with van der Waals surface area (Å²) in [5.41, 5.74) is 3.70. The fraction of sp³-hybridized carbons (Fsp3) is 0.571. The van der Waals surface area contributed by atoms with Gasteiger partial charge in [0.15, 0.2) is 0 Å². The SMILES string of the molecule is CCNCC(C)Cc1c(C)nn(-c2nccs2)c1C. The number of rotatable bonds is 6. The normalized spacial score (nSPS) is 12.8. The Labute approximate surface area is 118 Å². The standard InChI is InChI=1S/C14H22N4S/c1-5-15-9-10(2)8-13-11(3)17-18(12(13)4)14-16-6-7-19-14/h6-7,10,15H,5,8-9H2,1-4H3. The third-order valence-corrected chi connectivity index (χ3v) is 4.08. The summed E-state index contributed by atoms with van der Waals surface area (Å²) in [5, 5.41) is 11.0. The van der Waals surface area contributed by atoms with E-state index in [0.29, 0.717) is 5.92 Å². The van der Waals surface area contributed by atoms with Gasteiger partial charge in [0.05, 0.1) is 5.69 Å². The predicted octanol–water partition coefficient (Wildman–Crippen LogP) is 2.73. The largest absolute Gasteiger partial charge is 0.317 e. The molecule has 2 heterocycles. The zero-order valence-corrected chi connectivity index (χ0v) is 12.9. The zero-order chi connectivity index (χ0) is 13.8. The van der Waals surface area contributed by atoms with Crippen molar-refractivity contribution in [3.8, 4) is 5.13 Å². The van der Waals surface area contributed by atoms with Crippen molar-refractivity contribution < 1.29 is 0 Å². The van der Waals surface area contributed by atoms with E-state index in [1.54, 1.807) is 11.3 Å². The Morgan fingerprint density at radius 3 is 2.84 bits per heavy atom. The molecule has 0 amide bonds. The third kappa shape index (κ3) is 3.22. The van der Waals surface area contributed by atoms with Crippen molar-refractivity contribution in [1.82, 2.24) is 20.1 Å². The second-order valence-corrected chi connectivity index (χ2v) is 5.87. The molecule has 0 radical (unpaired) electrons. The summed E-state index contributed by atoms with van der Waals surface area (Å²) < 4.78 is 1.97. The van der Waals surface area contributed by atoms with Gasteiger partial charge >= 0.3 is 0 Å². The van der Waals surface area contributed by atoms with Crippen molar-refractivity contribution in [2.75, 3.05) is 13.1 Å². The van der Waals surface area contributed by atoms with Gasteiger partial charge in [-0.15, -0.1) is 11.3 Å². The van der Waals surface area contributed by atoms with Gasteiger partial charge in [-0.05, 0) is 44.8 Å². The van der Waals surface area contributed by atoms with Crippen LogP contribution in [0.25, 0.3) is 5.13 Å². The summed E-state index contributed by atoms with van der Waals surface area (Å²) in [7, 11) is 0. The average molecular weight is 278 g/mol. The van der Waals surface area contributed by atoms with Gasteiger partial charge in [0, 0.05) is 17.3 Å². The summed E-state index contributed by atoms with van der Waals surface area (Å²) in [4.78, 5) is 4.34. The number of hydrogen-bond donors (Lipinski definition) is 1. The van der Waals surface area contributed by atoms with Gasteiger partial charge in [-0.2, -0.15) is 5.10 Å². The third-order valence-electron chi connectivity index (χ3n) is 3.34. The van der Waals surface area contributed by atoms with Crippen LogP contribution in [0, 0.1) is 19.8 Å². The molecule has 5 heteroatoms. The van der Waals surface area contributed by atoms with Crippen LogP contribution in [0.1, 0.15) is 30.8 Å². The van der Waals surface area contributed by atoms with Crippen molar-refractivity contribution in [2.45, 2.75) is 34.1 Å². The quantitative estimate of drug-likeness (QED) is 0.883. The maximum absolute atomic E-state index is 4.63. The number of aryl methyl sites for hydroxylation is 1. The molecule has 0 saturated carbocycles. The molecule has 0 aromatic carbocycles. The lowest BCUT2D eigenvalue weighted by atomic mass is 9.99. The molecule has 1 N–H and O–H groups in total. The van der Waals surface area contributed by atoms with Crippen LogP contribution in [0.15, 0.2) is 11.6 Å². The minimum absolute atomic E-state index is 0.617. The van der Waals surface area contributed by atoms with Gasteiger partial charge in [-0.3, -0.25) is 0 Å². The topological polar surface area (TPSA) is 42.7 Å². The Bertz CT molecular complexity index is 516. The van der Waals surface area contributed by atoms with Crippen LogP contribution in [0.5, 0.6) is 0 Å². The smallest absolute Gasteiger partial charge is 0.210 e. The molecule has 0 aliphatic carbocycles. The Balaban J connectivity index is 2.18. The van der Waals surface area contributed by atoms with Crippen LogP contribution in [0.3, 0.4) is 0 Å². The van der Waals surface area contributed by atoms with E-state index in [-0.39, 0.29) is 0 Å². The first kappa shape index (κ1) is 14.2. The number of hydrogen-bond acceptors (Lipinski definition) is 4. The first-order valence-electron chi connectivity index (χ1n) is 6.79. The molecular formula is C14H22N4S. The highest BCUT2D eigenvalue weighted by Crippen LogP contribution is 2.21. The average Bonchev–Trinajstić information content (AvgIpc) is 2.99. The summed E-state index contributed by atoms with van der Waals surface area (Å²) in [5.74, 6) is 0.617. The van der Waals surface area contributed by atoms with E-state index in [4.69, 9.17) is 0 Å². The highest BCUT2D eigenvalue weighted by atomic mass is 32.1. The molecule has 2 rings (SSSR count). The molecule has 2 aromatic rings. The van der Waals surface area contributed by atoms with Crippen LogP contribution < -0.4 is 5.32 Å². The molecule has 104 valence electrons. The summed E-state index contributed by atoms with van der Waals surface area (Å²) in [6.07, 6.45) is 2.89. The van der Waals surface area contributed by atoms with Crippen LogP contribution in [-0.2, 0) is 6.42 Å². The van der Waals surface area contributed by atoms with Gasteiger partial charge in [0.2, 0.25) is 5.13 Å². The molecule has 0 fully saturated rings. The van der Waals surface area contributed by atoms with E-state index in [9.17, 15) is 0 Å². The fourth-order valence-electron chi connectivity index (χ4n) is 2.29. The molecule has 2 aromatic heterocycles. The Kier molecular flexibility index (Phi) is 4.71. The monoisotopic (exact) mass is 278 g/mol. The molecule has 0 saturated heterocycles. The molecule has 1 unspecified atom stereocenters. The van der Waals surface area contributed by atoms with Crippen molar-refractivity contribution in [1.29, 1.82) is 0 Å². The number of nitrogens with one attached hydrogen (secondary N) is 1. The van der Waals surface area contributed by atoms with E-state index in [1.807, 2.05) is 16.3 Å². The maximum atomic E-state index is 4.63. The first-order chi connectivity index (χ1) is 9.13. The van der Waals surface area contributed by atoms with Crippen molar-refractivity contribution in [3.63, 3.8) is 0 Å². The van der Waals surface area contributed by atoms with Crippen molar-refractivity contribution in [3.05, 3.63) is 28.5 Å². The Morgan fingerprint density at radius 1 is 1.42 bits per heavy atom. The van der Waals surface area contributed by atoms with E-state index >= 15 is 0 Å². The second kappa shape index (κ2) is 6.30. The molecule has 0 aliphatic rings. The number of nitrogens with zero attached hydrogens (tertiary/aromatic N) is 3. The van der Waals surface area contributed by atoms with Gasteiger partial charge in [0.1, 0.15) is 0 Å². The highest BCUT2D eigenvalue weighted by molar-refractivity contribution is 7.12. The van der Waals surface area contributed by atoms with E-state index < -0.39 is 0 Å². The molecular weight excluding hydrogens is 256 g/mol. The van der Waals surface area contributed by atoms with Gasteiger partial charge in [-0.25, -0.2) is 9.67 Å². The summed E-state index contributed by atoms with van der Waals surface area (Å²) >= 11 is 1.62. The van der Waals surface area contributed by atoms with Crippen LogP contribution in [0.4, 0.5) is 0 Å². The number of thiazole rings is 1. The maximum Gasteiger partial charge on any atom is 0.210 e. The molecule has 1 atom stereocenters. The van der Waals surface area contributed by atoms with Gasteiger partial charge in [0.25, 0.3) is 0 Å². The van der Waals surface area contributed by atoms with E-state index in [1.165, 1.54) is 11.3 Å². The van der Waals surface area contributed by atoms with Crippen molar-refractivity contribution in [2.24, 2.45) is 5.92 Å². The summed E-state index contributed by atoms with van der Waals surface area (Å²) in [6, 6.07) is 0. The predicted molar refractivity (Wildman–Crippen MR) is 80.1 cm³/mol. The minimum Gasteiger partial charge on any atom is -0.317 e. The zero-order valence-electron chi connectivity index (χ0n) is 12.1. The summed E-state index contributed by atoms with van der Waals surface area (Å²) in [6.45, 7) is 10.7. The highest BCUT2D eigenvalue weighted by Gasteiger charge is 2.16. The second-order valence-electron chi connectivity index (χ2n) is 4.99. The van der Waals surface area contributed by atoms with E-state index in [2.05, 4.69) is 43.1 Å². The number of aromatic nitrogens is 3. The van der Waals surface area contributed by atoms with Crippen LogP contribution in [0.2, 0.25) is 0 Å². The first-order valence-corrected chi connectivity index (χ1v) is 7.67. The van der Waals surface area contributed by atoms with Gasteiger partial charge < -0.3 is 5.32 Å². The van der Waals surface area contributed by atoms with Crippen LogP contribution >= 0.6 is 11.3 Å². The Hall–Kier alpha value is -1.20. The lowest BCUT2D eigenvalue weighted by Gasteiger charge is -2.12. The van der Waals surface area contributed by atoms with Crippen molar-refractivity contribution >= 4 is 11.3 Å². The Morgan fingerprint density at radius 2 is 2.21 bits per heavy atom. The molecule has 0 bridgehead atoms. The fourth-order valence-corrected chi connectivity index (χ4v) is 2.93. The van der Waals surface area contributed by atoms with Crippen LogP contribution in [-0.4, -0.2) is 27.9 Å². The lowest BCUT2D eigenvalue weighted by molar-refractivity contribution is 0.519. The molecule has 4 nitrogen and oxygen atoms in total.